The lowest BCUT2D eigenvalue weighted by atomic mass is 10.2. The first-order valence-corrected chi connectivity index (χ1v) is 5.83. The third kappa shape index (κ3) is 2.37. The zero-order valence-electron chi connectivity index (χ0n) is 9.52. The molecule has 5 heteroatoms. The number of anilines is 1. The van der Waals surface area contributed by atoms with Crippen molar-refractivity contribution in [2.24, 2.45) is 0 Å². The summed E-state index contributed by atoms with van der Waals surface area (Å²) in [5.41, 5.74) is 7.70. The molecule has 1 heterocycles. The summed E-state index contributed by atoms with van der Waals surface area (Å²) in [6.07, 6.45) is 0. The molecule has 0 unspecified atom stereocenters. The fourth-order valence-corrected chi connectivity index (χ4v) is 2.06. The largest absolute Gasteiger partial charge is 0.429 e. The van der Waals surface area contributed by atoms with E-state index >= 15 is 0 Å². The number of nitrogens with two attached hydrogens (primary N) is 1. The summed E-state index contributed by atoms with van der Waals surface area (Å²) in [4.78, 5) is 5.38. The zero-order valence-corrected chi connectivity index (χ0v) is 10.3. The van der Waals surface area contributed by atoms with Gasteiger partial charge in [0, 0.05) is 4.88 Å². The third-order valence-electron chi connectivity index (χ3n) is 2.35. The van der Waals surface area contributed by atoms with Crippen LogP contribution in [0.2, 0.25) is 0 Å². The average Bonchev–Trinajstić information content (AvgIpc) is 2.61. The van der Waals surface area contributed by atoms with Gasteiger partial charge in [-0.1, -0.05) is 11.3 Å². The number of nitrogen functional groups attached to an aromatic ring is 1. The number of thiazole rings is 1. The molecular formula is C12H11N3OS. The second kappa shape index (κ2) is 4.44. The summed E-state index contributed by atoms with van der Waals surface area (Å²) in [5.74, 6) is 0.526. The van der Waals surface area contributed by atoms with Gasteiger partial charge in [0.1, 0.15) is 0 Å². The van der Waals surface area contributed by atoms with Crippen molar-refractivity contribution in [3.05, 3.63) is 34.3 Å². The molecule has 2 N–H and O–H groups in total. The van der Waals surface area contributed by atoms with Crippen LogP contribution in [0.3, 0.4) is 0 Å². The second-order valence-electron chi connectivity index (χ2n) is 3.59. The number of aromatic nitrogens is 1. The summed E-state index contributed by atoms with van der Waals surface area (Å²) in [6, 6.07) is 6.96. The van der Waals surface area contributed by atoms with E-state index in [1.165, 1.54) is 11.3 Å². The van der Waals surface area contributed by atoms with Gasteiger partial charge in [0.15, 0.2) is 5.75 Å². The Morgan fingerprint density at radius 2 is 2.18 bits per heavy atom. The molecule has 0 spiro atoms. The normalized spacial score (nSPS) is 9.94. The van der Waals surface area contributed by atoms with Crippen molar-refractivity contribution < 1.29 is 4.74 Å². The molecule has 0 aliphatic carbocycles. The quantitative estimate of drug-likeness (QED) is 0.825. The van der Waals surface area contributed by atoms with Crippen molar-refractivity contribution in [2.75, 3.05) is 5.73 Å². The fourth-order valence-electron chi connectivity index (χ4n) is 1.29. The van der Waals surface area contributed by atoms with Gasteiger partial charge in [0.25, 0.3) is 5.19 Å². The Labute approximate surface area is 103 Å². The molecule has 1 aromatic carbocycles. The summed E-state index contributed by atoms with van der Waals surface area (Å²) in [6.45, 7) is 3.92. The Morgan fingerprint density at radius 1 is 1.41 bits per heavy atom. The SMILES string of the molecule is Cc1nc(Oc2ccc(C#N)cc2N)sc1C. The Kier molecular flexibility index (Phi) is 2.98. The molecule has 0 atom stereocenters. The van der Waals surface area contributed by atoms with E-state index in [0.29, 0.717) is 22.2 Å². The predicted octanol–water partition coefficient (Wildman–Crippen LogP) is 3.01. The minimum atomic E-state index is 0.439. The number of benzene rings is 1. The molecule has 0 aliphatic heterocycles. The van der Waals surface area contributed by atoms with E-state index in [1.54, 1.807) is 18.2 Å². The molecule has 0 saturated heterocycles. The molecule has 1 aromatic heterocycles. The summed E-state index contributed by atoms with van der Waals surface area (Å²) in [7, 11) is 0. The first-order valence-electron chi connectivity index (χ1n) is 5.01. The molecule has 0 amide bonds. The number of aryl methyl sites for hydroxylation is 2. The molecule has 0 aliphatic rings. The fraction of sp³-hybridized carbons (Fsp3) is 0.167. The number of hydrogen-bond acceptors (Lipinski definition) is 5. The predicted molar refractivity (Wildman–Crippen MR) is 67.2 cm³/mol. The monoisotopic (exact) mass is 245 g/mol. The average molecular weight is 245 g/mol. The van der Waals surface area contributed by atoms with Crippen LogP contribution in [0, 0.1) is 25.2 Å². The Morgan fingerprint density at radius 3 is 2.71 bits per heavy atom. The van der Waals surface area contributed by atoms with Gasteiger partial charge in [-0.15, -0.1) is 0 Å². The van der Waals surface area contributed by atoms with Gasteiger partial charge in [0.2, 0.25) is 0 Å². The van der Waals surface area contributed by atoms with Crippen LogP contribution in [-0.2, 0) is 0 Å². The van der Waals surface area contributed by atoms with E-state index in [9.17, 15) is 0 Å². The molecule has 0 radical (unpaired) electrons. The van der Waals surface area contributed by atoms with Gasteiger partial charge in [-0.3, -0.25) is 0 Å². The lowest BCUT2D eigenvalue weighted by Gasteiger charge is -2.04. The number of ether oxygens (including phenoxy) is 1. The Balaban J connectivity index is 2.28. The van der Waals surface area contributed by atoms with Crippen molar-refractivity contribution in [3.8, 4) is 17.0 Å². The molecule has 4 nitrogen and oxygen atoms in total. The first-order chi connectivity index (χ1) is 8.10. The minimum Gasteiger partial charge on any atom is -0.429 e. The maximum absolute atomic E-state index is 8.73. The summed E-state index contributed by atoms with van der Waals surface area (Å²) >= 11 is 1.47. The molecule has 0 bridgehead atoms. The minimum absolute atomic E-state index is 0.439. The maximum atomic E-state index is 8.73. The van der Waals surface area contributed by atoms with E-state index in [0.717, 1.165) is 10.6 Å². The highest BCUT2D eigenvalue weighted by atomic mass is 32.1. The van der Waals surface area contributed by atoms with E-state index in [2.05, 4.69) is 4.98 Å². The van der Waals surface area contributed by atoms with Crippen LogP contribution >= 0.6 is 11.3 Å². The molecule has 0 saturated carbocycles. The van der Waals surface area contributed by atoms with Crippen LogP contribution in [0.1, 0.15) is 16.1 Å². The van der Waals surface area contributed by atoms with E-state index in [1.807, 2.05) is 19.9 Å². The van der Waals surface area contributed by atoms with Gasteiger partial charge in [0.05, 0.1) is 23.0 Å². The molecular weight excluding hydrogens is 234 g/mol. The lowest BCUT2D eigenvalue weighted by Crippen LogP contribution is -1.92. The van der Waals surface area contributed by atoms with Crippen LogP contribution in [0.5, 0.6) is 10.9 Å². The number of nitriles is 1. The van der Waals surface area contributed by atoms with Crippen molar-refractivity contribution >= 4 is 17.0 Å². The van der Waals surface area contributed by atoms with Gasteiger partial charge in [-0.2, -0.15) is 5.26 Å². The van der Waals surface area contributed by atoms with Gasteiger partial charge in [-0.25, -0.2) is 4.98 Å². The topological polar surface area (TPSA) is 71.9 Å². The van der Waals surface area contributed by atoms with Gasteiger partial charge < -0.3 is 10.5 Å². The van der Waals surface area contributed by atoms with Crippen molar-refractivity contribution in [3.63, 3.8) is 0 Å². The number of nitrogens with zero attached hydrogens (tertiary/aromatic N) is 2. The highest BCUT2D eigenvalue weighted by molar-refractivity contribution is 7.13. The van der Waals surface area contributed by atoms with E-state index < -0.39 is 0 Å². The zero-order chi connectivity index (χ0) is 12.4. The highest BCUT2D eigenvalue weighted by Crippen LogP contribution is 2.31. The molecule has 2 rings (SSSR count). The maximum Gasteiger partial charge on any atom is 0.279 e. The molecule has 17 heavy (non-hydrogen) atoms. The lowest BCUT2D eigenvalue weighted by molar-refractivity contribution is 0.480. The number of rotatable bonds is 2. The smallest absolute Gasteiger partial charge is 0.279 e. The molecule has 86 valence electrons. The second-order valence-corrected chi connectivity index (χ2v) is 4.75. The van der Waals surface area contributed by atoms with Crippen LogP contribution in [0.25, 0.3) is 0 Å². The van der Waals surface area contributed by atoms with Crippen molar-refractivity contribution in [2.45, 2.75) is 13.8 Å². The van der Waals surface area contributed by atoms with Crippen LogP contribution < -0.4 is 10.5 Å². The van der Waals surface area contributed by atoms with E-state index in [-0.39, 0.29) is 0 Å². The van der Waals surface area contributed by atoms with Crippen LogP contribution in [-0.4, -0.2) is 4.98 Å². The first kappa shape index (κ1) is 11.4. The Bertz CT molecular complexity index is 579. The molecule has 0 fully saturated rings. The van der Waals surface area contributed by atoms with Crippen molar-refractivity contribution in [1.29, 1.82) is 5.26 Å². The van der Waals surface area contributed by atoms with Crippen molar-refractivity contribution in [1.82, 2.24) is 4.98 Å². The Hall–Kier alpha value is -2.06. The van der Waals surface area contributed by atoms with Crippen LogP contribution in [0.4, 0.5) is 5.69 Å². The summed E-state index contributed by atoms with van der Waals surface area (Å²) in [5, 5.41) is 9.29. The molecule has 2 aromatic rings. The standard InChI is InChI=1S/C12H11N3OS/c1-7-8(2)17-12(15-7)16-11-4-3-9(6-13)5-10(11)14/h3-5H,14H2,1-2H3. The third-order valence-corrected chi connectivity index (χ3v) is 3.30. The van der Waals surface area contributed by atoms with Gasteiger partial charge in [-0.05, 0) is 32.0 Å². The number of hydrogen-bond donors (Lipinski definition) is 1. The summed E-state index contributed by atoms with van der Waals surface area (Å²) < 4.78 is 5.58. The van der Waals surface area contributed by atoms with Crippen LogP contribution in [0.15, 0.2) is 18.2 Å². The highest BCUT2D eigenvalue weighted by Gasteiger charge is 2.08. The van der Waals surface area contributed by atoms with Gasteiger partial charge >= 0.3 is 0 Å². The van der Waals surface area contributed by atoms with E-state index in [4.69, 9.17) is 15.7 Å².